The average Bonchev–Trinajstić information content (AvgIpc) is 2.58. The molecule has 0 unspecified atom stereocenters. The van der Waals surface area contributed by atoms with Gasteiger partial charge in [-0.15, -0.1) is 0 Å². The maximum absolute atomic E-state index is 12.2. The molecular formula is C19H32N2O3. The quantitative estimate of drug-likeness (QED) is 0.733. The smallest absolute Gasteiger partial charge is 0.315 e. The van der Waals surface area contributed by atoms with Crippen LogP contribution in [0, 0.1) is 11.3 Å². The van der Waals surface area contributed by atoms with Crippen LogP contribution >= 0.6 is 0 Å². The summed E-state index contributed by atoms with van der Waals surface area (Å²) in [5, 5.41) is 15.2. The lowest BCUT2D eigenvalue weighted by atomic mass is 9.64. The highest BCUT2D eigenvalue weighted by Gasteiger charge is 2.36. The molecule has 5 heteroatoms. The van der Waals surface area contributed by atoms with Crippen LogP contribution in [0.25, 0.3) is 0 Å². The van der Waals surface area contributed by atoms with Gasteiger partial charge in [0.25, 0.3) is 0 Å². The van der Waals surface area contributed by atoms with Crippen LogP contribution < -0.4 is 10.6 Å². The van der Waals surface area contributed by atoms with E-state index in [1.165, 1.54) is 44.9 Å². The first-order chi connectivity index (χ1) is 11.6. The van der Waals surface area contributed by atoms with E-state index in [0.717, 1.165) is 25.7 Å². The van der Waals surface area contributed by atoms with Gasteiger partial charge in [-0.05, 0) is 69.6 Å². The van der Waals surface area contributed by atoms with Gasteiger partial charge in [-0.25, -0.2) is 4.79 Å². The van der Waals surface area contributed by atoms with Crippen LogP contribution in [0.5, 0.6) is 0 Å². The van der Waals surface area contributed by atoms with Crippen molar-refractivity contribution in [3.8, 4) is 0 Å². The third-order valence-corrected chi connectivity index (χ3v) is 6.71. The van der Waals surface area contributed by atoms with E-state index in [0.29, 0.717) is 24.3 Å². The minimum Gasteiger partial charge on any atom is -0.481 e. The Balaban J connectivity index is 1.36. The van der Waals surface area contributed by atoms with E-state index in [-0.39, 0.29) is 18.0 Å². The van der Waals surface area contributed by atoms with Crippen molar-refractivity contribution in [2.24, 2.45) is 11.3 Å². The molecule has 136 valence electrons. The largest absolute Gasteiger partial charge is 0.481 e. The van der Waals surface area contributed by atoms with Crippen molar-refractivity contribution in [3.05, 3.63) is 0 Å². The Hall–Kier alpha value is -1.26. The fourth-order valence-electron chi connectivity index (χ4n) is 5.07. The van der Waals surface area contributed by atoms with Crippen molar-refractivity contribution in [2.75, 3.05) is 0 Å². The first kappa shape index (κ1) is 17.6. The fraction of sp³-hybridized carbons (Fsp3) is 0.895. The molecule has 1 spiro atoms. The van der Waals surface area contributed by atoms with E-state index in [1.54, 1.807) is 0 Å². The Morgan fingerprint density at radius 2 is 1.29 bits per heavy atom. The Bertz CT molecular complexity index is 442. The summed E-state index contributed by atoms with van der Waals surface area (Å²) >= 11 is 0. The molecule has 0 aromatic rings. The Labute approximate surface area is 145 Å². The van der Waals surface area contributed by atoms with Crippen LogP contribution in [0.2, 0.25) is 0 Å². The number of rotatable bonds is 3. The summed E-state index contributed by atoms with van der Waals surface area (Å²) in [5.41, 5.74) is 0.585. The van der Waals surface area contributed by atoms with E-state index < -0.39 is 5.97 Å². The highest BCUT2D eigenvalue weighted by atomic mass is 16.4. The molecule has 0 heterocycles. The molecule has 0 aromatic carbocycles. The summed E-state index contributed by atoms with van der Waals surface area (Å²) in [5.74, 6) is -0.923. The Morgan fingerprint density at radius 1 is 0.750 bits per heavy atom. The lowest BCUT2D eigenvalue weighted by Crippen LogP contribution is -2.49. The van der Waals surface area contributed by atoms with Gasteiger partial charge in [-0.2, -0.15) is 0 Å². The fourth-order valence-corrected chi connectivity index (χ4v) is 5.07. The first-order valence-electron chi connectivity index (χ1n) is 9.86. The topological polar surface area (TPSA) is 78.4 Å². The summed E-state index contributed by atoms with van der Waals surface area (Å²) < 4.78 is 0. The standard InChI is InChI=1S/C19H32N2O3/c22-17(23)14-4-6-15(7-5-14)20-18(24)21-16-8-12-19(13-9-16)10-2-1-3-11-19/h14-16H,1-13H2,(H,22,23)(H2,20,21,24). The second-order valence-electron chi connectivity index (χ2n) is 8.34. The van der Waals surface area contributed by atoms with Gasteiger partial charge < -0.3 is 15.7 Å². The van der Waals surface area contributed by atoms with Crippen molar-refractivity contribution < 1.29 is 14.7 Å². The number of carbonyl (C=O) groups is 2. The maximum Gasteiger partial charge on any atom is 0.315 e. The maximum atomic E-state index is 12.2. The molecule has 3 aliphatic carbocycles. The summed E-state index contributed by atoms with van der Waals surface area (Å²) in [4.78, 5) is 23.2. The van der Waals surface area contributed by atoms with Gasteiger partial charge in [0.15, 0.2) is 0 Å². The molecule has 3 fully saturated rings. The molecule has 0 aliphatic heterocycles. The van der Waals surface area contributed by atoms with Gasteiger partial charge in [0, 0.05) is 12.1 Å². The molecule has 0 atom stereocenters. The first-order valence-corrected chi connectivity index (χ1v) is 9.86. The third kappa shape index (κ3) is 4.42. The molecule has 2 amide bonds. The number of hydrogen-bond acceptors (Lipinski definition) is 2. The van der Waals surface area contributed by atoms with Gasteiger partial charge in [0.1, 0.15) is 0 Å². The molecule has 5 nitrogen and oxygen atoms in total. The zero-order valence-corrected chi connectivity index (χ0v) is 14.7. The van der Waals surface area contributed by atoms with E-state index in [1.807, 2.05) is 0 Å². The molecule has 24 heavy (non-hydrogen) atoms. The van der Waals surface area contributed by atoms with Gasteiger partial charge in [-0.3, -0.25) is 4.79 Å². The molecule has 3 N–H and O–H groups in total. The lowest BCUT2D eigenvalue weighted by Gasteiger charge is -2.43. The number of urea groups is 1. The van der Waals surface area contributed by atoms with E-state index in [9.17, 15) is 9.59 Å². The number of hydrogen-bond donors (Lipinski definition) is 3. The summed E-state index contributed by atoms with van der Waals surface area (Å²) in [7, 11) is 0. The predicted octanol–water partition coefficient (Wildman–Crippen LogP) is 3.82. The number of amides is 2. The van der Waals surface area contributed by atoms with Crippen LogP contribution in [0.15, 0.2) is 0 Å². The second-order valence-corrected chi connectivity index (χ2v) is 8.34. The Morgan fingerprint density at radius 3 is 1.83 bits per heavy atom. The van der Waals surface area contributed by atoms with Crippen LogP contribution in [0.3, 0.4) is 0 Å². The molecule has 3 aliphatic rings. The molecule has 3 rings (SSSR count). The summed E-state index contributed by atoms with van der Waals surface area (Å²) in [6.45, 7) is 0. The van der Waals surface area contributed by atoms with Crippen molar-refractivity contribution in [1.82, 2.24) is 10.6 Å². The van der Waals surface area contributed by atoms with Crippen molar-refractivity contribution >= 4 is 12.0 Å². The summed E-state index contributed by atoms with van der Waals surface area (Å²) in [6.07, 6.45) is 14.6. The number of carbonyl (C=O) groups excluding carboxylic acids is 1. The van der Waals surface area contributed by atoms with Crippen molar-refractivity contribution in [1.29, 1.82) is 0 Å². The van der Waals surface area contributed by atoms with Gasteiger partial charge >= 0.3 is 12.0 Å². The van der Waals surface area contributed by atoms with E-state index >= 15 is 0 Å². The zero-order valence-electron chi connectivity index (χ0n) is 14.7. The number of carboxylic acids is 1. The van der Waals surface area contributed by atoms with Crippen LogP contribution in [-0.4, -0.2) is 29.2 Å². The van der Waals surface area contributed by atoms with E-state index in [4.69, 9.17) is 5.11 Å². The molecule has 3 saturated carbocycles. The Kier molecular flexibility index (Phi) is 5.67. The highest BCUT2D eigenvalue weighted by Crippen LogP contribution is 2.47. The van der Waals surface area contributed by atoms with Gasteiger partial charge in [-0.1, -0.05) is 19.3 Å². The van der Waals surface area contributed by atoms with Crippen molar-refractivity contribution in [2.45, 2.75) is 95.6 Å². The van der Waals surface area contributed by atoms with Crippen molar-refractivity contribution in [3.63, 3.8) is 0 Å². The molecule has 0 radical (unpaired) electrons. The second kappa shape index (κ2) is 7.75. The lowest BCUT2D eigenvalue weighted by molar-refractivity contribution is -0.142. The van der Waals surface area contributed by atoms with E-state index in [2.05, 4.69) is 10.6 Å². The van der Waals surface area contributed by atoms with Crippen LogP contribution in [0.1, 0.15) is 83.5 Å². The SMILES string of the molecule is O=C(NC1CCC(C(=O)O)CC1)NC1CCC2(CCCCC2)CC1. The van der Waals surface area contributed by atoms with Crippen LogP contribution in [0.4, 0.5) is 4.79 Å². The molecule has 0 aromatic heterocycles. The minimum atomic E-state index is -0.697. The molecule has 0 bridgehead atoms. The van der Waals surface area contributed by atoms with Gasteiger partial charge in [0.2, 0.25) is 0 Å². The normalized spacial score (nSPS) is 30.7. The third-order valence-electron chi connectivity index (χ3n) is 6.71. The minimum absolute atomic E-state index is 0.0571. The number of aliphatic carboxylic acids is 1. The monoisotopic (exact) mass is 336 g/mol. The average molecular weight is 336 g/mol. The zero-order chi connectivity index (χ0) is 17.0. The molecular weight excluding hydrogens is 304 g/mol. The molecule has 0 saturated heterocycles. The van der Waals surface area contributed by atoms with Gasteiger partial charge in [0.05, 0.1) is 5.92 Å². The predicted molar refractivity (Wildman–Crippen MR) is 92.8 cm³/mol. The highest BCUT2D eigenvalue weighted by molar-refractivity contribution is 5.74. The number of carboxylic acid groups (broad SMARTS) is 1. The van der Waals surface area contributed by atoms with Crippen LogP contribution in [-0.2, 0) is 4.79 Å². The number of nitrogens with one attached hydrogen (secondary N) is 2. The summed E-state index contributed by atoms with van der Waals surface area (Å²) in [6, 6.07) is 0.389.